The fourth-order valence-corrected chi connectivity index (χ4v) is 7.61. The minimum atomic E-state index is -1.12. The lowest BCUT2D eigenvalue weighted by atomic mass is 9.85. The monoisotopic (exact) mass is 869 g/mol. The lowest BCUT2D eigenvalue weighted by molar-refractivity contribution is -0.0461. The first-order valence-electron chi connectivity index (χ1n) is 20.8. The zero-order valence-corrected chi connectivity index (χ0v) is 37.9. The molecule has 61 heavy (non-hydrogen) atoms. The highest BCUT2D eigenvalue weighted by atomic mass is 35.5. The standard InChI is InChI=1S/C45H60ClN3O12/c1-12-48(25-27-17-15-16-21-49(27)40(52)59-43(2,3)4)39(51)56-33-24-34(57-41(53)60-44(5,6)7)37-31(50)23-32(28-18-13-14-19-30(28)46)55-38(37)36(33)29-20-22-47(11)26-35(29)58-42(54)61-45(8,9)10/h13-14,18-19,23-24,27,29,35H,12,15-17,20-22,25-26H2,1-11H3/t27-,29-,35+/m0/s1. The largest absolute Gasteiger partial charge is 0.514 e. The van der Waals surface area contributed by atoms with E-state index >= 15 is 0 Å². The van der Waals surface area contributed by atoms with Crippen LogP contribution in [0.2, 0.25) is 5.02 Å². The number of piperidine rings is 2. The van der Waals surface area contributed by atoms with Gasteiger partial charge in [-0.15, -0.1) is 0 Å². The molecule has 0 N–H and O–H groups in total. The molecular weight excluding hydrogens is 810 g/mol. The first-order valence-corrected chi connectivity index (χ1v) is 21.2. The molecule has 0 saturated carbocycles. The van der Waals surface area contributed by atoms with Gasteiger partial charge < -0.3 is 47.5 Å². The molecule has 15 nitrogen and oxygen atoms in total. The number of hydrogen-bond donors (Lipinski definition) is 0. The molecule has 2 aliphatic rings. The summed E-state index contributed by atoms with van der Waals surface area (Å²) < 4.78 is 41.4. The zero-order valence-electron chi connectivity index (χ0n) is 37.2. The molecule has 0 bridgehead atoms. The molecule has 334 valence electrons. The number of rotatable bonds is 8. The highest BCUT2D eigenvalue weighted by Crippen LogP contribution is 2.45. The highest BCUT2D eigenvalue weighted by molar-refractivity contribution is 6.33. The second-order valence-corrected chi connectivity index (χ2v) is 18.9. The fraction of sp³-hybridized carbons (Fsp3) is 0.578. The molecule has 5 rings (SSSR count). The molecule has 2 aliphatic heterocycles. The van der Waals surface area contributed by atoms with E-state index in [2.05, 4.69) is 0 Å². The third-order valence-corrected chi connectivity index (χ3v) is 10.3. The lowest BCUT2D eigenvalue weighted by Crippen LogP contribution is -2.52. The van der Waals surface area contributed by atoms with Gasteiger partial charge in [0.05, 0.1) is 11.1 Å². The summed E-state index contributed by atoms with van der Waals surface area (Å²) in [6.45, 7) is 18.9. The number of fused-ring (bicyclic) bond motifs is 1. The number of hydrogen-bond acceptors (Lipinski definition) is 13. The molecule has 3 heterocycles. The van der Waals surface area contributed by atoms with E-state index in [4.69, 9.17) is 44.4 Å². The molecule has 2 fully saturated rings. The molecular formula is C45H60ClN3O12. The van der Waals surface area contributed by atoms with Crippen molar-refractivity contribution in [2.24, 2.45) is 0 Å². The molecule has 3 atom stereocenters. The third-order valence-electron chi connectivity index (χ3n) is 9.98. The summed E-state index contributed by atoms with van der Waals surface area (Å²) in [6.07, 6.45) is -1.57. The van der Waals surface area contributed by atoms with Crippen molar-refractivity contribution in [3.63, 3.8) is 0 Å². The first kappa shape index (κ1) is 47.0. The Labute approximate surface area is 362 Å². The van der Waals surface area contributed by atoms with Gasteiger partial charge in [0.15, 0.2) is 11.2 Å². The van der Waals surface area contributed by atoms with E-state index in [1.165, 1.54) is 17.0 Å². The van der Waals surface area contributed by atoms with Crippen molar-refractivity contribution in [1.29, 1.82) is 0 Å². The first-order chi connectivity index (χ1) is 28.4. The van der Waals surface area contributed by atoms with Gasteiger partial charge in [-0.25, -0.2) is 19.2 Å². The third kappa shape index (κ3) is 12.5. The zero-order chi connectivity index (χ0) is 45.0. The van der Waals surface area contributed by atoms with Crippen molar-refractivity contribution in [3.8, 4) is 22.8 Å². The Kier molecular flexibility index (Phi) is 14.6. The molecule has 0 aliphatic carbocycles. The number of likely N-dealkylation sites (tertiary alicyclic amines) is 2. The van der Waals surface area contributed by atoms with Crippen LogP contribution in [-0.4, -0.2) is 108 Å². The van der Waals surface area contributed by atoms with Crippen LogP contribution in [0.5, 0.6) is 11.5 Å². The van der Waals surface area contributed by atoms with Crippen LogP contribution in [0.3, 0.4) is 0 Å². The van der Waals surface area contributed by atoms with Gasteiger partial charge in [0.2, 0.25) is 0 Å². The number of likely N-dealkylation sites (N-methyl/N-ethyl adjacent to an activating group) is 2. The highest BCUT2D eigenvalue weighted by Gasteiger charge is 2.40. The Morgan fingerprint density at radius 3 is 2.13 bits per heavy atom. The molecule has 16 heteroatoms. The molecule has 1 aromatic heterocycles. The van der Waals surface area contributed by atoms with Gasteiger partial charge in [0, 0.05) is 55.4 Å². The van der Waals surface area contributed by atoms with E-state index in [1.54, 1.807) is 98.4 Å². The second kappa shape index (κ2) is 18.9. The number of carbonyl (C=O) groups excluding carboxylic acids is 4. The smallest absolute Gasteiger partial charge is 0.455 e. The predicted octanol–water partition coefficient (Wildman–Crippen LogP) is 9.78. The summed E-state index contributed by atoms with van der Waals surface area (Å²) in [5.41, 5.74) is -2.59. The molecule has 0 unspecified atom stereocenters. The van der Waals surface area contributed by atoms with Gasteiger partial charge >= 0.3 is 24.5 Å². The van der Waals surface area contributed by atoms with E-state index in [0.717, 1.165) is 12.8 Å². The maximum Gasteiger partial charge on any atom is 0.514 e. The maximum absolute atomic E-state index is 14.5. The number of carbonyl (C=O) groups is 4. The second-order valence-electron chi connectivity index (χ2n) is 18.5. The van der Waals surface area contributed by atoms with Crippen molar-refractivity contribution in [1.82, 2.24) is 14.7 Å². The number of benzene rings is 2. The van der Waals surface area contributed by atoms with Crippen LogP contribution in [0.15, 0.2) is 45.6 Å². The van der Waals surface area contributed by atoms with E-state index in [0.29, 0.717) is 36.5 Å². The van der Waals surface area contributed by atoms with Crippen LogP contribution >= 0.6 is 11.6 Å². The Bertz CT molecular complexity index is 2150. The summed E-state index contributed by atoms with van der Waals surface area (Å²) in [4.78, 5) is 73.8. The quantitative estimate of drug-likeness (QED) is 0.120. The number of halogens is 1. The fourth-order valence-electron chi connectivity index (χ4n) is 7.38. The number of amides is 2. The Morgan fingerprint density at radius 2 is 1.49 bits per heavy atom. The van der Waals surface area contributed by atoms with Gasteiger partial charge in [0.1, 0.15) is 45.4 Å². The molecule has 2 amide bonds. The minimum Gasteiger partial charge on any atom is -0.455 e. The average molecular weight is 870 g/mol. The molecule has 2 aromatic carbocycles. The van der Waals surface area contributed by atoms with Crippen molar-refractivity contribution in [3.05, 3.63) is 57.2 Å². The SMILES string of the molecule is CCN(C[C@@H]1CCCCN1C(=O)OC(C)(C)C)C(=O)Oc1cc(OC(=O)OC(C)(C)C)c2c(=O)cc(-c3ccccc3Cl)oc2c1[C@H]1CCN(C)C[C@H]1OC(=O)OC(C)(C)C. The molecule has 2 saturated heterocycles. The van der Waals surface area contributed by atoms with Crippen LogP contribution in [0.4, 0.5) is 19.2 Å². The minimum absolute atomic E-state index is 0.0787. The lowest BCUT2D eigenvalue weighted by Gasteiger charge is -2.39. The summed E-state index contributed by atoms with van der Waals surface area (Å²) in [5.74, 6) is -1.07. The van der Waals surface area contributed by atoms with Gasteiger partial charge in [-0.2, -0.15) is 0 Å². The van der Waals surface area contributed by atoms with Crippen LogP contribution in [0.25, 0.3) is 22.3 Å². The maximum atomic E-state index is 14.5. The average Bonchev–Trinajstić information content (AvgIpc) is 3.12. The molecule has 0 spiro atoms. The summed E-state index contributed by atoms with van der Waals surface area (Å²) in [7, 11) is 1.87. The normalized spacial score (nSPS) is 18.9. The number of ether oxygens (including phenoxy) is 6. The van der Waals surface area contributed by atoms with E-state index in [9.17, 15) is 24.0 Å². The van der Waals surface area contributed by atoms with Crippen molar-refractivity contribution in [2.45, 2.75) is 130 Å². The van der Waals surface area contributed by atoms with Crippen molar-refractivity contribution < 1.29 is 52.0 Å². The predicted molar refractivity (Wildman–Crippen MR) is 230 cm³/mol. The topological polar surface area (TPSA) is 164 Å². The van der Waals surface area contributed by atoms with Gasteiger partial charge in [-0.05, 0) is 121 Å². The summed E-state index contributed by atoms with van der Waals surface area (Å²) in [5, 5.41) is 0.153. The Hall–Kier alpha value is -5.02. The van der Waals surface area contributed by atoms with E-state index < -0.39 is 58.8 Å². The molecule has 3 aromatic rings. The van der Waals surface area contributed by atoms with Crippen LogP contribution in [-0.2, 0) is 18.9 Å². The van der Waals surface area contributed by atoms with E-state index in [1.807, 2.05) is 11.9 Å². The Balaban J connectivity index is 1.70. The van der Waals surface area contributed by atoms with Gasteiger partial charge in [-0.1, -0.05) is 23.7 Å². The van der Waals surface area contributed by atoms with Crippen molar-refractivity contribution >= 4 is 47.1 Å². The van der Waals surface area contributed by atoms with E-state index in [-0.39, 0.29) is 59.5 Å². The van der Waals surface area contributed by atoms with Gasteiger partial charge in [0.25, 0.3) is 0 Å². The van der Waals surface area contributed by atoms with Gasteiger partial charge in [-0.3, -0.25) is 4.79 Å². The van der Waals surface area contributed by atoms with Crippen LogP contribution < -0.4 is 14.9 Å². The summed E-state index contributed by atoms with van der Waals surface area (Å²) >= 11 is 6.62. The van der Waals surface area contributed by atoms with Crippen LogP contribution in [0.1, 0.15) is 106 Å². The number of nitrogens with zero attached hydrogens (tertiary/aromatic N) is 3. The molecule has 0 radical (unpaired) electrons. The van der Waals surface area contributed by atoms with Crippen LogP contribution in [0, 0.1) is 0 Å². The Morgan fingerprint density at radius 1 is 0.836 bits per heavy atom. The summed E-state index contributed by atoms with van der Waals surface area (Å²) in [6, 6.07) is 8.96. The van der Waals surface area contributed by atoms with Crippen molar-refractivity contribution in [2.75, 3.05) is 39.8 Å².